The molecule has 3 heterocycles. The van der Waals surface area contributed by atoms with Gasteiger partial charge in [-0.3, -0.25) is 4.79 Å². The molecule has 1 N–H and O–H groups in total. The first kappa shape index (κ1) is 12.6. The molecule has 2 aromatic rings. The van der Waals surface area contributed by atoms with Crippen molar-refractivity contribution in [3.63, 3.8) is 0 Å². The van der Waals surface area contributed by atoms with Crippen LogP contribution in [-0.4, -0.2) is 47.7 Å². The SMILES string of the molecule is O=C(O)C1COCCN1C(=O)c1cc2sccc2s1. The maximum atomic E-state index is 12.4. The molecule has 0 aromatic carbocycles. The van der Waals surface area contributed by atoms with Gasteiger partial charge in [0.1, 0.15) is 0 Å². The number of hydrogen-bond donors (Lipinski definition) is 1. The molecule has 1 atom stereocenters. The second-order valence-electron chi connectivity index (χ2n) is 4.19. The molecule has 0 bridgehead atoms. The quantitative estimate of drug-likeness (QED) is 0.919. The van der Waals surface area contributed by atoms with Crippen LogP contribution in [0.4, 0.5) is 0 Å². The maximum Gasteiger partial charge on any atom is 0.328 e. The lowest BCUT2D eigenvalue weighted by Crippen LogP contribution is -2.52. The van der Waals surface area contributed by atoms with Gasteiger partial charge in [-0.05, 0) is 17.5 Å². The monoisotopic (exact) mass is 297 g/mol. The fraction of sp³-hybridized carbons (Fsp3) is 0.333. The Balaban J connectivity index is 1.89. The molecule has 0 spiro atoms. The van der Waals surface area contributed by atoms with Gasteiger partial charge in [0.25, 0.3) is 5.91 Å². The van der Waals surface area contributed by atoms with Gasteiger partial charge in [-0.15, -0.1) is 22.7 Å². The van der Waals surface area contributed by atoms with E-state index in [1.165, 1.54) is 16.2 Å². The molecule has 3 rings (SSSR count). The van der Waals surface area contributed by atoms with Crippen LogP contribution < -0.4 is 0 Å². The van der Waals surface area contributed by atoms with Crippen molar-refractivity contribution in [2.45, 2.75) is 6.04 Å². The molecule has 1 unspecified atom stereocenters. The minimum Gasteiger partial charge on any atom is -0.480 e. The van der Waals surface area contributed by atoms with E-state index in [0.29, 0.717) is 18.0 Å². The second-order valence-corrected chi connectivity index (χ2v) is 6.22. The smallest absolute Gasteiger partial charge is 0.328 e. The van der Waals surface area contributed by atoms with Gasteiger partial charge in [-0.1, -0.05) is 0 Å². The van der Waals surface area contributed by atoms with Gasteiger partial charge in [0.15, 0.2) is 6.04 Å². The van der Waals surface area contributed by atoms with Crippen molar-refractivity contribution in [2.24, 2.45) is 0 Å². The predicted octanol–water partition coefficient (Wildman–Crippen LogP) is 1.89. The summed E-state index contributed by atoms with van der Waals surface area (Å²) >= 11 is 2.98. The standard InChI is InChI=1S/C12H11NO4S2/c14-11(10-5-9-8(19-10)1-4-18-9)13-2-3-17-6-7(13)12(15)16/h1,4-5,7H,2-3,6H2,(H,15,16). The summed E-state index contributed by atoms with van der Waals surface area (Å²) in [6.45, 7) is 0.761. The average molecular weight is 297 g/mol. The number of hydrogen-bond acceptors (Lipinski definition) is 5. The molecule has 100 valence electrons. The maximum absolute atomic E-state index is 12.4. The van der Waals surface area contributed by atoms with Gasteiger partial charge < -0.3 is 14.7 Å². The third-order valence-corrected chi connectivity index (χ3v) is 5.11. The van der Waals surface area contributed by atoms with Crippen LogP contribution in [0.1, 0.15) is 9.67 Å². The molecule has 1 amide bonds. The van der Waals surface area contributed by atoms with Gasteiger partial charge in [-0.25, -0.2) is 4.79 Å². The molecule has 2 aromatic heterocycles. The number of carbonyl (C=O) groups is 2. The minimum atomic E-state index is -1.02. The van der Waals surface area contributed by atoms with Crippen molar-refractivity contribution in [1.29, 1.82) is 0 Å². The van der Waals surface area contributed by atoms with Crippen LogP contribution in [-0.2, 0) is 9.53 Å². The van der Waals surface area contributed by atoms with Crippen molar-refractivity contribution in [3.8, 4) is 0 Å². The Bertz CT molecular complexity index is 604. The summed E-state index contributed by atoms with van der Waals surface area (Å²) < 4.78 is 7.26. The van der Waals surface area contributed by atoms with E-state index in [-0.39, 0.29) is 12.5 Å². The van der Waals surface area contributed by atoms with Crippen LogP contribution in [0, 0.1) is 0 Å². The Labute approximate surface area is 117 Å². The average Bonchev–Trinajstić information content (AvgIpc) is 2.98. The fourth-order valence-electron chi connectivity index (χ4n) is 2.06. The number of carboxylic acids is 1. The fourth-order valence-corrected chi connectivity index (χ4v) is 4.13. The zero-order valence-electron chi connectivity index (χ0n) is 9.87. The van der Waals surface area contributed by atoms with E-state index < -0.39 is 12.0 Å². The van der Waals surface area contributed by atoms with E-state index in [4.69, 9.17) is 9.84 Å². The lowest BCUT2D eigenvalue weighted by atomic mass is 10.2. The summed E-state index contributed by atoms with van der Waals surface area (Å²) in [7, 11) is 0. The highest BCUT2D eigenvalue weighted by Gasteiger charge is 2.33. The number of ether oxygens (including phenoxy) is 1. The highest BCUT2D eigenvalue weighted by atomic mass is 32.1. The van der Waals surface area contributed by atoms with Crippen LogP contribution in [0.3, 0.4) is 0 Å². The topological polar surface area (TPSA) is 66.8 Å². The van der Waals surface area contributed by atoms with Crippen LogP contribution in [0.5, 0.6) is 0 Å². The lowest BCUT2D eigenvalue weighted by molar-refractivity contribution is -0.147. The number of aliphatic carboxylic acids is 1. The van der Waals surface area contributed by atoms with E-state index in [0.717, 1.165) is 9.40 Å². The lowest BCUT2D eigenvalue weighted by Gasteiger charge is -2.32. The molecule has 1 aliphatic rings. The number of carboxylic acid groups (broad SMARTS) is 1. The summed E-state index contributed by atoms with van der Waals surface area (Å²) in [5.74, 6) is -1.24. The molecule has 7 heteroatoms. The molecular weight excluding hydrogens is 286 g/mol. The van der Waals surface area contributed by atoms with Crippen LogP contribution in [0.25, 0.3) is 9.40 Å². The van der Waals surface area contributed by atoms with E-state index in [9.17, 15) is 9.59 Å². The van der Waals surface area contributed by atoms with E-state index in [1.807, 2.05) is 17.5 Å². The molecule has 5 nitrogen and oxygen atoms in total. The molecule has 0 radical (unpaired) electrons. The number of rotatable bonds is 2. The van der Waals surface area contributed by atoms with E-state index >= 15 is 0 Å². The summed E-state index contributed by atoms with van der Waals surface area (Å²) in [6.07, 6.45) is 0. The van der Waals surface area contributed by atoms with Crippen molar-refractivity contribution >= 4 is 43.9 Å². The summed E-state index contributed by atoms with van der Waals surface area (Å²) in [4.78, 5) is 25.5. The second kappa shape index (κ2) is 4.92. The predicted molar refractivity (Wildman–Crippen MR) is 73.0 cm³/mol. The molecule has 19 heavy (non-hydrogen) atoms. The Morgan fingerprint density at radius 3 is 3.00 bits per heavy atom. The number of nitrogens with zero attached hydrogens (tertiary/aromatic N) is 1. The van der Waals surface area contributed by atoms with E-state index in [1.54, 1.807) is 11.3 Å². The third-order valence-electron chi connectivity index (χ3n) is 3.02. The molecule has 1 fully saturated rings. The zero-order chi connectivity index (χ0) is 13.4. The Kier molecular flexibility index (Phi) is 3.26. The van der Waals surface area contributed by atoms with Crippen molar-refractivity contribution in [2.75, 3.05) is 19.8 Å². The van der Waals surface area contributed by atoms with E-state index in [2.05, 4.69) is 0 Å². The molecule has 1 aliphatic heterocycles. The summed E-state index contributed by atoms with van der Waals surface area (Å²) in [5.41, 5.74) is 0. The van der Waals surface area contributed by atoms with Crippen LogP contribution in [0.2, 0.25) is 0 Å². The van der Waals surface area contributed by atoms with Crippen molar-refractivity contribution in [1.82, 2.24) is 4.90 Å². The molecular formula is C12H11NO4S2. The largest absolute Gasteiger partial charge is 0.480 e. The first-order chi connectivity index (χ1) is 9.16. The Morgan fingerprint density at radius 2 is 2.26 bits per heavy atom. The van der Waals surface area contributed by atoms with Gasteiger partial charge >= 0.3 is 5.97 Å². The molecule has 0 aliphatic carbocycles. The van der Waals surface area contributed by atoms with Crippen LogP contribution >= 0.6 is 22.7 Å². The number of amides is 1. The van der Waals surface area contributed by atoms with Gasteiger partial charge in [0.2, 0.25) is 0 Å². The first-order valence-electron chi connectivity index (χ1n) is 5.75. The van der Waals surface area contributed by atoms with Gasteiger partial charge in [0.05, 0.1) is 18.1 Å². The number of thiophene rings is 2. The van der Waals surface area contributed by atoms with Gasteiger partial charge in [-0.2, -0.15) is 0 Å². The number of carbonyl (C=O) groups excluding carboxylic acids is 1. The zero-order valence-corrected chi connectivity index (χ0v) is 11.5. The van der Waals surface area contributed by atoms with Crippen molar-refractivity contribution < 1.29 is 19.4 Å². The summed E-state index contributed by atoms with van der Waals surface area (Å²) in [5, 5.41) is 11.1. The highest BCUT2D eigenvalue weighted by molar-refractivity contribution is 7.27. The number of morpholine rings is 1. The first-order valence-corrected chi connectivity index (χ1v) is 7.45. The Hall–Kier alpha value is -1.44. The number of fused-ring (bicyclic) bond motifs is 1. The normalized spacial score (nSPS) is 19.8. The van der Waals surface area contributed by atoms with Crippen LogP contribution in [0.15, 0.2) is 17.5 Å². The van der Waals surface area contributed by atoms with Crippen molar-refractivity contribution in [3.05, 3.63) is 22.4 Å². The van der Waals surface area contributed by atoms with Gasteiger partial charge in [0, 0.05) is 15.9 Å². The summed E-state index contributed by atoms with van der Waals surface area (Å²) in [6, 6.07) is 2.91. The Morgan fingerprint density at radius 1 is 1.42 bits per heavy atom. The minimum absolute atomic E-state index is 0.0564. The third kappa shape index (κ3) is 2.24. The molecule has 0 saturated carbocycles. The molecule has 1 saturated heterocycles. The highest BCUT2D eigenvalue weighted by Crippen LogP contribution is 2.31.